The van der Waals surface area contributed by atoms with Crippen molar-refractivity contribution in [1.82, 2.24) is 5.16 Å². The Morgan fingerprint density at radius 1 is 1.04 bits per heavy atom. The van der Waals surface area contributed by atoms with Gasteiger partial charge in [0.25, 0.3) is 0 Å². The van der Waals surface area contributed by atoms with Gasteiger partial charge in [-0.1, -0.05) is 33.2 Å². The first-order chi connectivity index (χ1) is 11.6. The van der Waals surface area contributed by atoms with Crippen molar-refractivity contribution in [2.45, 2.75) is 0 Å². The van der Waals surface area contributed by atoms with Crippen molar-refractivity contribution in [3.8, 4) is 11.5 Å². The number of rotatable bonds is 2. The fraction of sp³-hybridized carbons (Fsp3) is 0.0588. The topological polar surface area (TPSA) is 61.6 Å². The van der Waals surface area contributed by atoms with Gasteiger partial charge in [0.2, 0.25) is 17.8 Å². The van der Waals surface area contributed by atoms with Crippen LogP contribution in [0.25, 0.3) is 23.1 Å². The Balaban J connectivity index is 1.78. The van der Waals surface area contributed by atoms with Gasteiger partial charge in [-0.25, -0.2) is 0 Å². The number of halogens is 2. The molecule has 0 amide bonds. The second-order valence-electron chi connectivity index (χ2n) is 5.11. The molecular weight excluding hydrogens is 442 g/mol. The van der Waals surface area contributed by atoms with Crippen LogP contribution in [0.3, 0.4) is 0 Å². The Kier molecular flexibility index (Phi) is 3.90. The van der Waals surface area contributed by atoms with Gasteiger partial charge in [-0.15, -0.1) is 0 Å². The van der Waals surface area contributed by atoms with Crippen LogP contribution in [-0.2, 0) is 0 Å². The van der Waals surface area contributed by atoms with Crippen molar-refractivity contribution in [2.75, 3.05) is 6.79 Å². The van der Waals surface area contributed by atoms with Crippen LogP contribution in [0.5, 0.6) is 11.5 Å². The summed E-state index contributed by atoms with van der Waals surface area (Å²) >= 11 is 6.64. The number of benzene rings is 1. The van der Waals surface area contributed by atoms with Gasteiger partial charge >= 0.3 is 0 Å². The van der Waals surface area contributed by atoms with Crippen LogP contribution in [0.2, 0.25) is 0 Å². The van der Waals surface area contributed by atoms with Crippen LogP contribution >= 0.6 is 31.9 Å². The number of hydrogen-bond donors (Lipinski definition) is 0. The fourth-order valence-electron chi connectivity index (χ4n) is 2.40. The van der Waals surface area contributed by atoms with Crippen molar-refractivity contribution < 1.29 is 14.0 Å². The van der Waals surface area contributed by atoms with Gasteiger partial charge in [0.15, 0.2) is 11.5 Å². The second kappa shape index (κ2) is 6.07. The number of nitrogens with zero attached hydrogens (tertiary/aromatic N) is 1. The molecule has 5 nitrogen and oxygen atoms in total. The first-order valence-corrected chi connectivity index (χ1v) is 8.57. The molecule has 24 heavy (non-hydrogen) atoms. The maximum Gasteiger partial charge on any atom is 0.238 e. The molecule has 7 heteroatoms. The number of fused-ring (bicyclic) bond motifs is 2. The molecule has 1 aliphatic rings. The van der Waals surface area contributed by atoms with E-state index in [1.54, 1.807) is 18.2 Å². The molecule has 0 unspecified atom stereocenters. The lowest BCUT2D eigenvalue weighted by Crippen LogP contribution is -1.96. The smallest absolute Gasteiger partial charge is 0.238 e. The average Bonchev–Trinajstić information content (AvgIpc) is 3.16. The summed E-state index contributed by atoms with van der Waals surface area (Å²) in [6.45, 7) is 0.238. The van der Waals surface area contributed by atoms with Gasteiger partial charge in [-0.2, -0.15) is 0 Å². The summed E-state index contributed by atoms with van der Waals surface area (Å²) in [7, 11) is 0. The van der Waals surface area contributed by atoms with E-state index in [0.717, 1.165) is 15.8 Å². The van der Waals surface area contributed by atoms with Crippen molar-refractivity contribution in [1.29, 1.82) is 0 Å². The minimum absolute atomic E-state index is 0.206. The third-order valence-electron chi connectivity index (χ3n) is 3.56. The molecule has 0 radical (unpaired) electrons. The summed E-state index contributed by atoms with van der Waals surface area (Å²) in [5.74, 6) is 1.44. The standard InChI is InChI=1S/C17H9Br2NO4/c18-10-6-11-13(20-24-17(11)16(21)12(19)7-10)3-1-9-2-4-14-15(5-9)23-8-22-14/h1-7H,8H2/b3-1+. The molecule has 0 N–H and O–H groups in total. The quantitative estimate of drug-likeness (QED) is 0.570. The zero-order valence-corrected chi connectivity index (χ0v) is 15.3. The van der Waals surface area contributed by atoms with Gasteiger partial charge < -0.3 is 14.0 Å². The lowest BCUT2D eigenvalue weighted by Gasteiger charge is -1.97. The minimum Gasteiger partial charge on any atom is -0.454 e. The Morgan fingerprint density at radius 3 is 2.75 bits per heavy atom. The van der Waals surface area contributed by atoms with Crippen LogP contribution < -0.4 is 14.9 Å². The van der Waals surface area contributed by atoms with E-state index in [-0.39, 0.29) is 17.8 Å². The summed E-state index contributed by atoms with van der Waals surface area (Å²) in [6, 6.07) is 9.14. The first-order valence-electron chi connectivity index (χ1n) is 6.98. The lowest BCUT2D eigenvalue weighted by atomic mass is 10.1. The SMILES string of the molecule is O=c1c(Br)cc(Br)cc2c(/C=C/c3ccc4c(c3)OCO4)noc12. The highest BCUT2D eigenvalue weighted by atomic mass is 79.9. The molecule has 0 saturated carbocycles. The monoisotopic (exact) mass is 449 g/mol. The molecule has 3 aromatic rings. The molecule has 0 atom stereocenters. The van der Waals surface area contributed by atoms with Crippen molar-refractivity contribution in [2.24, 2.45) is 0 Å². The number of hydrogen-bond acceptors (Lipinski definition) is 5. The largest absolute Gasteiger partial charge is 0.454 e. The number of ether oxygens (including phenoxy) is 2. The molecular formula is C17H9Br2NO4. The Labute approximate surface area is 153 Å². The minimum atomic E-state index is -0.245. The van der Waals surface area contributed by atoms with Crippen LogP contribution in [0.4, 0.5) is 0 Å². The van der Waals surface area contributed by atoms with Crippen LogP contribution in [0.15, 0.2) is 48.6 Å². The molecule has 0 bridgehead atoms. The molecule has 0 aliphatic carbocycles. The Morgan fingerprint density at radius 2 is 1.88 bits per heavy atom. The maximum absolute atomic E-state index is 12.2. The molecule has 2 heterocycles. The van der Waals surface area contributed by atoms with Gasteiger partial charge in [-0.05, 0) is 51.8 Å². The summed E-state index contributed by atoms with van der Waals surface area (Å²) in [5.41, 5.74) is 1.46. The Bertz CT molecular complexity index is 1040. The van der Waals surface area contributed by atoms with Gasteiger partial charge in [-0.3, -0.25) is 4.79 Å². The Hall–Kier alpha value is -2.12. The van der Waals surface area contributed by atoms with Crippen LogP contribution in [0.1, 0.15) is 11.3 Å². The predicted molar refractivity (Wildman–Crippen MR) is 97.2 cm³/mol. The highest BCUT2D eigenvalue weighted by molar-refractivity contribution is 9.11. The average molecular weight is 451 g/mol. The highest BCUT2D eigenvalue weighted by Gasteiger charge is 2.13. The molecule has 0 fully saturated rings. The molecule has 0 spiro atoms. The van der Waals surface area contributed by atoms with E-state index in [2.05, 4.69) is 37.0 Å². The fourth-order valence-corrected chi connectivity index (χ4v) is 3.59. The lowest BCUT2D eigenvalue weighted by molar-refractivity contribution is 0.174. The third kappa shape index (κ3) is 2.74. The van der Waals surface area contributed by atoms with E-state index in [4.69, 9.17) is 14.0 Å². The molecule has 120 valence electrons. The van der Waals surface area contributed by atoms with Crippen LogP contribution in [-0.4, -0.2) is 11.9 Å². The molecule has 1 aliphatic heterocycles. The summed E-state index contributed by atoms with van der Waals surface area (Å²) in [6.07, 6.45) is 3.67. The third-order valence-corrected chi connectivity index (χ3v) is 4.60. The van der Waals surface area contributed by atoms with Crippen LogP contribution in [0, 0.1) is 0 Å². The normalized spacial score (nSPS) is 13.1. The summed E-state index contributed by atoms with van der Waals surface area (Å²) in [5, 5.41) is 4.63. The van der Waals surface area contributed by atoms with E-state index in [9.17, 15) is 4.79 Å². The van der Waals surface area contributed by atoms with Crippen molar-refractivity contribution in [3.05, 3.63) is 60.8 Å². The summed E-state index contributed by atoms with van der Waals surface area (Å²) < 4.78 is 17.0. The van der Waals surface area contributed by atoms with Crippen molar-refractivity contribution >= 4 is 55.0 Å². The first kappa shape index (κ1) is 15.4. The van der Waals surface area contributed by atoms with E-state index >= 15 is 0 Å². The van der Waals surface area contributed by atoms with E-state index in [0.29, 0.717) is 21.3 Å². The van der Waals surface area contributed by atoms with E-state index in [1.165, 1.54) is 0 Å². The molecule has 1 aromatic heterocycles. The van der Waals surface area contributed by atoms with Crippen molar-refractivity contribution in [3.63, 3.8) is 0 Å². The zero-order valence-electron chi connectivity index (χ0n) is 12.1. The number of aromatic nitrogens is 1. The summed E-state index contributed by atoms with van der Waals surface area (Å²) in [4.78, 5) is 12.2. The molecule has 4 rings (SSSR count). The highest BCUT2D eigenvalue weighted by Crippen LogP contribution is 2.33. The second-order valence-corrected chi connectivity index (χ2v) is 6.88. The van der Waals surface area contributed by atoms with E-state index < -0.39 is 0 Å². The van der Waals surface area contributed by atoms with E-state index in [1.807, 2.05) is 24.3 Å². The van der Waals surface area contributed by atoms with Gasteiger partial charge in [0.1, 0.15) is 5.69 Å². The maximum atomic E-state index is 12.2. The molecule has 0 saturated heterocycles. The predicted octanol–water partition coefficient (Wildman–Crippen LogP) is 4.61. The van der Waals surface area contributed by atoms with Gasteiger partial charge in [0.05, 0.1) is 9.86 Å². The molecule has 2 aromatic carbocycles. The zero-order chi connectivity index (χ0) is 16.7. The van der Waals surface area contributed by atoms with Gasteiger partial charge in [0, 0.05) is 4.47 Å².